The smallest absolute Gasteiger partial charge is 0.0321 e. The SMILES string of the molecule is C1CC2C3CCC(C3)C2C1.C1CC2CC1C1CC3C4CCC(C4)C3C21.CC.CC.CC.CC. The third kappa shape index (κ3) is 4.86. The van der Waals surface area contributed by atoms with Crippen molar-refractivity contribution in [2.24, 2.45) is 71.0 Å². The molecule has 194 valence electrons. The summed E-state index contributed by atoms with van der Waals surface area (Å²) in [6, 6.07) is 0. The molecule has 0 heterocycles. The quantitative estimate of drug-likeness (QED) is 0.338. The van der Waals surface area contributed by atoms with E-state index in [1.165, 1.54) is 71.0 Å². The van der Waals surface area contributed by atoms with Crippen molar-refractivity contribution in [2.75, 3.05) is 0 Å². The first-order valence-corrected chi connectivity index (χ1v) is 16.4. The molecule has 0 N–H and O–H groups in total. The first kappa shape index (κ1) is 27.6. The molecule has 8 saturated carbocycles. The summed E-state index contributed by atoms with van der Waals surface area (Å²) in [5, 5.41) is 0. The largest absolute Gasteiger partial charge is 0.0683 e. The molecule has 12 unspecified atom stereocenters. The zero-order valence-corrected chi connectivity index (χ0v) is 24.1. The summed E-state index contributed by atoms with van der Waals surface area (Å²) < 4.78 is 0. The van der Waals surface area contributed by atoms with Gasteiger partial charge in [0, 0.05) is 0 Å². The average molecular weight is 459 g/mol. The zero-order chi connectivity index (χ0) is 24.1. The lowest BCUT2D eigenvalue weighted by Gasteiger charge is -2.33. The lowest BCUT2D eigenvalue weighted by Crippen LogP contribution is -2.27. The third-order valence-corrected chi connectivity index (χ3v) is 11.7. The van der Waals surface area contributed by atoms with E-state index in [0.717, 1.165) is 0 Å². The van der Waals surface area contributed by atoms with Crippen LogP contribution >= 0.6 is 0 Å². The highest BCUT2D eigenvalue weighted by atomic mass is 14.7. The molecule has 33 heavy (non-hydrogen) atoms. The van der Waals surface area contributed by atoms with Gasteiger partial charge in [-0.2, -0.15) is 0 Å². The minimum Gasteiger partial charge on any atom is -0.0683 e. The van der Waals surface area contributed by atoms with Crippen LogP contribution in [-0.2, 0) is 0 Å². The van der Waals surface area contributed by atoms with Crippen LogP contribution in [0.5, 0.6) is 0 Å². The molecule has 0 aromatic heterocycles. The van der Waals surface area contributed by atoms with Gasteiger partial charge in [-0.1, -0.05) is 61.8 Å². The van der Waals surface area contributed by atoms with Crippen LogP contribution in [0.2, 0.25) is 0 Å². The maximum Gasteiger partial charge on any atom is -0.0321 e. The van der Waals surface area contributed by atoms with Crippen molar-refractivity contribution in [3.05, 3.63) is 0 Å². The summed E-state index contributed by atoms with van der Waals surface area (Å²) in [5.41, 5.74) is 0. The van der Waals surface area contributed by atoms with E-state index in [-0.39, 0.29) is 0 Å². The first-order valence-electron chi connectivity index (χ1n) is 16.4. The summed E-state index contributed by atoms with van der Waals surface area (Å²) in [4.78, 5) is 0. The third-order valence-electron chi connectivity index (χ3n) is 11.7. The highest BCUT2D eigenvalue weighted by Gasteiger charge is 2.63. The first-order chi connectivity index (χ1) is 16.4. The Morgan fingerprint density at radius 2 is 0.606 bits per heavy atom. The predicted molar refractivity (Wildman–Crippen MR) is 147 cm³/mol. The molecule has 0 nitrogen and oxygen atoms in total. The molecular weight excluding hydrogens is 396 g/mol. The van der Waals surface area contributed by atoms with Crippen LogP contribution in [0.1, 0.15) is 139 Å². The average Bonchev–Trinajstić information content (AvgIpc) is 3.71. The van der Waals surface area contributed by atoms with Crippen LogP contribution in [0.3, 0.4) is 0 Å². The van der Waals surface area contributed by atoms with E-state index in [0.29, 0.717) is 0 Å². The molecule has 0 radical (unpaired) electrons. The maximum absolute atomic E-state index is 2.00. The Morgan fingerprint density at radius 3 is 1.00 bits per heavy atom. The maximum atomic E-state index is 2.00. The van der Waals surface area contributed by atoms with Gasteiger partial charge < -0.3 is 0 Å². The lowest BCUT2D eigenvalue weighted by molar-refractivity contribution is 0.153. The molecular formula is C33H62. The fraction of sp³-hybridized carbons (Fsp3) is 1.00. The molecule has 6 bridgehead atoms. The van der Waals surface area contributed by atoms with E-state index in [4.69, 9.17) is 0 Å². The Balaban J connectivity index is 0.000000149. The van der Waals surface area contributed by atoms with Gasteiger partial charge in [0.05, 0.1) is 0 Å². The standard InChI is InChI=1S/C15H22.C10H16.4C2H6/c1-3-10-5-8(1)12-7-13-9-2-4-11(6-9)15(13)14(10)12;1-2-9-7-4-5-8(6-7)10(9)3-1;4*1-2/h8-15H,1-7H2;7-10H,1-6H2;4*1-2H3. The highest BCUT2D eigenvalue weighted by molar-refractivity contribution is 5.12. The van der Waals surface area contributed by atoms with Crippen LogP contribution in [0.4, 0.5) is 0 Å². The van der Waals surface area contributed by atoms with Crippen LogP contribution in [-0.4, -0.2) is 0 Å². The Morgan fingerprint density at radius 1 is 0.303 bits per heavy atom. The van der Waals surface area contributed by atoms with E-state index in [1.807, 2.05) is 55.4 Å². The zero-order valence-electron chi connectivity index (χ0n) is 24.1. The Labute approximate surface area is 209 Å². The van der Waals surface area contributed by atoms with E-state index >= 15 is 0 Å². The fourth-order valence-electron chi connectivity index (χ4n) is 11.1. The number of hydrogen-bond acceptors (Lipinski definition) is 0. The van der Waals surface area contributed by atoms with Gasteiger partial charge in [-0.25, -0.2) is 0 Å². The van der Waals surface area contributed by atoms with E-state index in [9.17, 15) is 0 Å². The van der Waals surface area contributed by atoms with Crippen LogP contribution in [0, 0.1) is 71.0 Å². The van der Waals surface area contributed by atoms with E-state index < -0.39 is 0 Å². The topological polar surface area (TPSA) is 0 Å². The number of rotatable bonds is 0. The van der Waals surface area contributed by atoms with Crippen molar-refractivity contribution in [2.45, 2.75) is 139 Å². The second-order valence-corrected chi connectivity index (χ2v) is 12.0. The fourth-order valence-corrected chi connectivity index (χ4v) is 11.1. The minimum atomic E-state index is 1.19. The summed E-state index contributed by atoms with van der Waals surface area (Å²) in [6.45, 7) is 16.0. The van der Waals surface area contributed by atoms with Crippen molar-refractivity contribution >= 4 is 0 Å². The monoisotopic (exact) mass is 458 g/mol. The van der Waals surface area contributed by atoms with Gasteiger partial charge in [0.1, 0.15) is 0 Å². The normalized spacial score (nSPS) is 49.5. The number of fused-ring (bicyclic) bond motifs is 16. The highest BCUT2D eigenvalue weighted by Crippen LogP contribution is 2.70. The molecule has 0 aliphatic heterocycles. The van der Waals surface area contributed by atoms with Crippen molar-refractivity contribution in [1.29, 1.82) is 0 Å². The van der Waals surface area contributed by atoms with Gasteiger partial charge in [-0.3, -0.25) is 0 Å². The molecule has 8 aliphatic rings. The Hall–Kier alpha value is 0. The summed E-state index contributed by atoms with van der Waals surface area (Å²) in [7, 11) is 0. The predicted octanol–water partition coefficient (Wildman–Crippen LogP) is 10.7. The molecule has 0 amide bonds. The molecule has 0 saturated heterocycles. The summed E-state index contributed by atoms with van der Waals surface area (Å²) in [6.07, 6.45) is 21.0. The summed E-state index contributed by atoms with van der Waals surface area (Å²) in [5.74, 6) is 14.5. The molecule has 8 rings (SSSR count). The second kappa shape index (κ2) is 12.8. The van der Waals surface area contributed by atoms with Crippen LogP contribution in [0.25, 0.3) is 0 Å². The Kier molecular flexibility index (Phi) is 10.7. The van der Waals surface area contributed by atoms with E-state index in [2.05, 4.69) is 0 Å². The van der Waals surface area contributed by atoms with Crippen molar-refractivity contribution in [3.8, 4) is 0 Å². The molecule has 8 fully saturated rings. The summed E-state index contributed by atoms with van der Waals surface area (Å²) >= 11 is 0. The van der Waals surface area contributed by atoms with Crippen LogP contribution < -0.4 is 0 Å². The van der Waals surface area contributed by atoms with Gasteiger partial charge in [0.15, 0.2) is 0 Å². The molecule has 0 aromatic rings. The van der Waals surface area contributed by atoms with Crippen molar-refractivity contribution < 1.29 is 0 Å². The molecule has 0 heteroatoms. The van der Waals surface area contributed by atoms with Crippen LogP contribution in [0.15, 0.2) is 0 Å². The van der Waals surface area contributed by atoms with Gasteiger partial charge in [-0.05, 0) is 148 Å². The molecule has 0 aromatic carbocycles. The molecule has 0 spiro atoms. The van der Waals surface area contributed by atoms with Crippen molar-refractivity contribution in [3.63, 3.8) is 0 Å². The van der Waals surface area contributed by atoms with Gasteiger partial charge >= 0.3 is 0 Å². The second-order valence-electron chi connectivity index (χ2n) is 12.0. The Bertz CT molecular complexity index is 504. The van der Waals surface area contributed by atoms with E-state index in [1.54, 1.807) is 83.5 Å². The molecule has 12 atom stereocenters. The van der Waals surface area contributed by atoms with Gasteiger partial charge in [-0.15, -0.1) is 0 Å². The number of hydrogen-bond donors (Lipinski definition) is 0. The van der Waals surface area contributed by atoms with Gasteiger partial charge in [0.25, 0.3) is 0 Å². The van der Waals surface area contributed by atoms with Gasteiger partial charge in [0.2, 0.25) is 0 Å². The lowest BCUT2D eigenvalue weighted by atomic mass is 9.72. The minimum absolute atomic E-state index is 1.19. The molecule has 8 aliphatic carbocycles. The van der Waals surface area contributed by atoms with Crippen molar-refractivity contribution in [1.82, 2.24) is 0 Å².